The molecule has 0 radical (unpaired) electrons. The molecule has 0 spiro atoms. The molecule has 2 aliphatic heterocycles. The molecule has 3 N–H and O–H groups in total. The van der Waals surface area contributed by atoms with Crippen LogP contribution < -0.4 is 24.8 Å². The van der Waals surface area contributed by atoms with E-state index in [1.165, 1.54) is 11.0 Å². The first kappa shape index (κ1) is 40.3. The van der Waals surface area contributed by atoms with Gasteiger partial charge in [0, 0.05) is 41.0 Å². The van der Waals surface area contributed by atoms with E-state index >= 15 is 0 Å². The van der Waals surface area contributed by atoms with E-state index in [4.69, 9.17) is 19.2 Å². The molecule has 59 heavy (non-hydrogen) atoms. The van der Waals surface area contributed by atoms with Gasteiger partial charge in [-0.05, 0) is 56.9 Å². The molecule has 1 saturated heterocycles. The number of amides is 4. The van der Waals surface area contributed by atoms with E-state index in [0.717, 1.165) is 30.4 Å². The van der Waals surface area contributed by atoms with Crippen molar-refractivity contribution in [3.8, 4) is 22.8 Å². The lowest BCUT2D eigenvalue weighted by molar-refractivity contribution is -0.142. The fourth-order valence-electron chi connectivity index (χ4n) is 8.75. The summed E-state index contributed by atoms with van der Waals surface area (Å²) in [5.74, 6) is -1.53. The van der Waals surface area contributed by atoms with Crippen LogP contribution in [0.15, 0.2) is 67.3 Å². The van der Waals surface area contributed by atoms with Gasteiger partial charge >= 0.3 is 6.09 Å². The number of rotatable bonds is 9. The number of carbonyl (C=O) groups excluding carboxylic acids is 4. The average Bonchev–Trinajstić information content (AvgIpc) is 4.17. The number of fused-ring (bicyclic) bond motifs is 3. The molecule has 3 heterocycles. The number of ether oxygens (including phenoxy) is 3. The summed E-state index contributed by atoms with van der Waals surface area (Å²) in [6.45, 7) is 3.94. The van der Waals surface area contributed by atoms with E-state index in [-0.39, 0.29) is 31.9 Å². The summed E-state index contributed by atoms with van der Waals surface area (Å²) in [7, 11) is -2.32. The minimum absolute atomic E-state index is 0.00951. The number of nitrogens with one attached hydrogen (secondary N) is 3. The lowest BCUT2D eigenvalue weighted by Crippen LogP contribution is -2.59. The van der Waals surface area contributed by atoms with Crippen LogP contribution in [0.4, 0.5) is 4.79 Å². The smallest absolute Gasteiger partial charge is 0.407 e. The van der Waals surface area contributed by atoms with E-state index in [1.807, 2.05) is 60.7 Å². The van der Waals surface area contributed by atoms with Crippen molar-refractivity contribution in [2.24, 2.45) is 11.8 Å². The van der Waals surface area contributed by atoms with Gasteiger partial charge in [-0.2, -0.15) is 0 Å². The number of aromatic nitrogens is 1. The molecule has 14 nitrogen and oxygen atoms in total. The SMILES string of the molecule is C=C[C@@H]1C[C@]1(NC(=O)[C@@H]1C[C@@H]2CN1C(=O)[C@H](C1CCCCC1)NC(=O)OCCCC=Cc1cc3c(cc(-c4ccccc4)nc3cc1OC)O2)C(=O)NS(=O)(=O)C1CC1. The fourth-order valence-corrected chi connectivity index (χ4v) is 10.1. The van der Waals surface area contributed by atoms with E-state index in [1.54, 1.807) is 7.11 Å². The monoisotopic (exact) mass is 825 g/mol. The van der Waals surface area contributed by atoms with Crippen LogP contribution in [-0.2, 0) is 29.1 Å². The Morgan fingerprint density at radius 3 is 2.54 bits per heavy atom. The Morgan fingerprint density at radius 2 is 1.83 bits per heavy atom. The third-order valence-corrected chi connectivity index (χ3v) is 14.1. The number of cyclic esters (lactones) is 1. The molecule has 3 saturated carbocycles. The first-order valence-electron chi connectivity index (χ1n) is 20.7. The van der Waals surface area contributed by atoms with Crippen LogP contribution in [0, 0.1) is 11.8 Å². The Hall–Kier alpha value is -5.44. The van der Waals surface area contributed by atoms with Gasteiger partial charge in [-0.25, -0.2) is 18.2 Å². The quantitative estimate of drug-likeness (QED) is 0.236. The van der Waals surface area contributed by atoms with Crippen LogP contribution in [0.25, 0.3) is 28.2 Å². The number of alkyl carbamates (subject to hydrolysis) is 1. The summed E-state index contributed by atoms with van der Waals surface area (Å²) >= 11 is 0. The largest absolute Gasteiger partial charge is 0.496 e. The number of benzene rings is 2. The van der Waals surface area contributed by atoms with Crippen LogP contribution in [0.2, 0.25) is 0 Å². The number of pyridine rings is 1. The highest BCUT2D eigenvalue weighted by atomic mass is 32.2. The van der Waals surface area contributed by atoms with Crippen LogP contribution in [0.5, 0.6) is 11.5 Å². The van der Waals surface area contributed by atoms with E-state index < -0.39 is 68.7 Å². The second-order valence-corrected chi connectivity index (χ2v) is 18.3. The first-order chi connectivity index (χ1) is 28.5. The highest BCUT2D eigenvalue weighted by molar-refractivity contribution is 7.91. The van der Waals surface area contributed by atoms with Crippen molar-refractivity contribution >= 4 is 50.8 Å². The van der Waals surface area contributed by atoms with E-state index in [2.05, 4.69) is 21.9 Å². The van der Waals surface area contributed by atoms with Crippen LogP contribution in [0.1, 0.15) is 76.2 Å². The third kappa shape index (κ3) is 8.52. The molecule has 4 fully saturated rings. The second kappa shape index (κ2) is 16.7. The maximum absolute atomic E-state index is 14.9. The summed E-state index contributed by atoms with van der Waals surface area (Å²) in [6, 6.07) is 13.2. The molecular formula is C44H51N5O9S. The van der Waals surface area contributed by atoms with Crippen LogP contribution in [-0.4, -0.2) is 91.4 Å². The Kier molecular flexibility index (Phi) is 11.4. The van der Waals surface area contributed by atoms with Gasteiger partial charge in [0.2, 0.25) is 21.8 Å². The highest BCUT2D eigenvalue weighted by Crippen LogP contribution is 2.46. The van der Waals surface area contributed by atoms with Gasteiger partial charge in [-0.3, -0.25) is 19.1 Å². The first-order valence-corrected chi connectivity index (χ1v) is 22.2. The minimum atomic E-state index is -3.91. The third-order valence-electron chi connectivity index (χ3n) is 12.3. The van der Waals surface area contributed by atoms with Crippen molar-refractivity contribution in [2.45, 2.75) is 99.6 Å². The zero-order valence-electron chi connectivity index (χ0n) is 33.2. The second-order valence-electron chi connectivity index (χ2n) is 16.3. The molecule has 3 aliphatic carbocycles. The predicted molar refractivity (Wildman–Crippen MR) is 221 cm³/mol. The summed E-state index contributed by atoms with van der Waals surface area (Å²) in [4.78, 5) is 62.9. The van der Waals surface area contributed by atoms with Crippen molar-refractivity contribution in [2.75, 3.05) is 20.3 Å². The van der Waals surface area contributed by atoms with Gasteiger partial charge < -0.3 is 29.7 Å². The van der Waals surface area contributed by atoms with Crippen molar-refractivity contribution in [3.63, 3.8) is 0 Å². The average molecular weight is 826 g/mol. The predicted octanol–water partition coefficient (Wildman–Crippen LogP) is 5.41. The summed E-state index contributed by atoms with van der Waals surface area (Å²) in [5.41, 5.74) is 1.36. The number of sulfonamides is 1. The molecule has 4 amide bonds. The Labute approximate surface area is 344 Å². The lowest BCUT2D eigenvalue weighted by atomic mass is 9.83. The van der Waals surface area contributed by atoms with Crippen molar-refractivity contribution in [1.82, 2.24) is 25.2 Å². The van der Waals surface area contributed by atoms with Gasteiger partial charge in [0.15, 0.2) is 0 Å². The molecule has 8 rings (SSSR count). The maximum Gasteiger partial charge on any atom is 0.407 e. The maximum atomic E-state index is 14.9. The standard InChI is InChI=1S/C44H51N5O9S/c1-3-30-25-44(30,42(52)48-59(54,55)32-18-19-32)47-40(50)36-22-31-26-49(36)41(51)39(28-15-9-5-10-16-28)46-43(53)57-20-12-6-11-17-29-21-33-35(24-37(29)56-2)45-34(23-38(33)58-31)27-13-7-4-8-14-27/h3-4,7-8,11,13-14,17,21,23-24,28,30-32,36,39H,1,5-6,9-10,12,15-16,18-20,22,25-26H2,2H3,(H,46,53)(H,47,50)(H,48,52)/t30-,31-,36+,39+,44-/m1/s1. The number of hydrogen-bond donors (Lipinski definition) is 3. The van der Waals surface area contributed by atoms with Gasteiger partial charge in [-0.15, -0.1) is 6.58 Å². The van der Waals surface area contributed by atoms with Crippen LogP contribution in [0.3, 0.4) is 0 Å². The van der Waals surface area contributed by atoms with Crippen molar-refractivity contribution in [3.05, 3.63) is 72.8 Å². The molecule has 1 aromatic heterocycles. The van der Waals surface area contributed by atoms with E-state index in [0.29, 0.717) is 66.6 Å². The lowest BCUT2D eigenvalue weighted by Gasteiger charge is -2.34. The number of carbonyl (C=O) groups is 4. The molecular weight excluding hydrogens is 775 g/mol. The summed E-state index contributed by atoms with van der Waals surface area (Å²) in [6.07, 6.45) is 10.5. The van der Waals surface area contributed by atoms with Gasteiger partial charge in [0.25, 0.3) is 5.91 Å². The van der Waals surface area contributed by atoms with Crippen molar-refractivity contribution in [1.29, 1.82) is 0 Å². The summed E-state index contributed by atoms with van der Waals surface area (Å²) < 4.78 is 46.1. The molecule has 312 valence electrons. The highest BCUT2D eigenvalue weighted by Gasteiger charge is 2.62. The molecule has 5 atom stereocenters. The number of hydrogen-bond acceptors (Lipinski definition) is 10. The normalized spacial score (nSPS) is 26.5. The molecule has 4 bridgehead atoms. The molecule has 3 aromatic rings. The Morgan fingerprint density at radius 1 is 1.05 bits per heavy atom. The zero-order chi connectivity index (χ0) is 41.3. The molecule has 5 aliphatic rings. The Balaban J connectivity index is 1.18. The topological polar surface area (TPSA) is 182 Å². The molecule has 0 unspecified atom stereocenters. The number of methoxy groups -OCH3 is 1. The van der Waals surface area contributed by atoms with Gasteiger partial charge in [0.05, 0.1) is 36.7 Å². The minimum Gasteiger partial charge on any atom is -0.496 e. The Bertz CT molecular complexity index is 2270. The fraction of sp³-hybridized carbons (Fsp3) is 0.477. The van der Waals surface area contributed by atoms with E-state index in [9.17, 15) is 27.6 Å². The number of allylic oxidation sites excluding steroid dienone is 1. The van der Waals surface area contributed by atoms with Crippen LogP contribution >= 0.6 is 0 Å². The molecule has 15 heteroatoms. The summed E-state index contributed by atoms with van der Waals surface area (Å²) in [5, 5.41) is 5.79. The molecule has 2 aromatic carbocycles. The van der Waals surface area contributed by atoms with Crippen molar-refractivity contribution < 1.29 is 41.8 Å². The van der Waals surface area contributed by atoms with Gasteiger partial charge in [0.1, 0.15) is 35.2 Å². The number of nitrogens with zero attached hydrogens (tertiary/aromatic N) is 2. The zero-order valence-corrected chi connectivity index (χ0v) is 34.0. The van der Waals surface area contributed by atoms with Gasteiger partial charge in [-0.1, -0.05) is 67.8 Å².